The van der Waals surface area contributed by atoms with Gasteiger partial charge in [-0.25, -0.2) is 4.79 Å². The molecule has 1 N–H and O–H groups in total. The SMILES string of the molecule is CCn1cc(CN2CCN(C)CC2)c2cccc(C(=O)O)c21. The van der Waals surface area contributed by atoms with Gasteiger partial charge < -0.3 is 14.6 Å². The quantitative estimate of drug-likeness (QED) is 0.939. The summed E-state index contributed by atoms with van der Waals surface area (Å²) >= 11 is 0. The van der Waals surface area contributed by atoms with Gasteiger partial charge >= 0.3 is 5.97 Å². The Kier molecular flexibility index (Phi) is 4.18. The van der Waals surface area contributed by atoms with E-state index in [9.17, 15) is 9.90 Å². The minimum absolute atomic E-state index is 0.393. The Morgan fingerprint density at radius 3 is 2.59 bits per heavy atom. The maximum atomic E-state index is 11.5. The summed E-state index contributed by atoms with van der Waals surface area (Å²) in [4.78, 5) is 16.3. The highest BCUT2D eigenvalue weighted by Gasteiger charge is 2.19. The molecule has 5 nitrogen and oxygen atoms in total. The fourth-order valence-electron chi connectivity index (χ4n) is 3.23. The van der Waals surface area contributed by atoms with Gasteiger partial charge in [-0.3, -0.25) is 4.90 Å². The highest BCUT2D eigenvalue weighted by molar-refractivity contribution is 6.03. The van der Waals surface area contributed by atoms with Crippen LogP contribution in [0.1, 0.15) is 22.8 Å². The summed E-state index contributed by atoms with van der Waals surface area (Å²) < 4.78 is 2.06. The molecule has 1 aliphatic rings. The van der Waals surface area contributed by atoms with Crippen LogP contribution in [-0.2, 0) is 13.1 Å². The molecule has 0 atom stereocenters. The number of likely N-dealkylation sites (N-methyl/N-ethyl adjacent to an activating group) is 1. The third-order valence-corrected chi connectivity index (χ3v) is 4.54. The normalized spacial score (nSPS) is 17.2. The Morgan fingerprint density at radius 1 is 1.23 bits per heavy atom. The number of hydrogen-bond donors (Lipinski definition) is 1. The topological polar surface area (TPSA) is 48.7 Å². The number of benzene rings is 1. The molecule has 1 fully saturated rings. The molecule has 0 radical (unpaired) electrons. The fraction of sp³-hybridized carbons (Fsp3) is 0.471. The maximum absolute atomic E-state index is 11.5. The standard InChI is InChI=1S/C17H23N3O2/c1-3-20-12-13(11-19-9-7-18(2)8-10-19)14-5-4-6-15(16(14)20)17(21)22/h4-6,12H,3,7-11H2,1-2H3,(H,21,22). The van der Waals surface area contributed by atoms with Gasteiger partial charge in [-0.2, -0.15) is 0 Å². The molecule has 1 aliphatic heterocycles. The zero-order valence-electron chi connectivity index (χ0n) is 13.2. The molecule has 2 aromatic rings. The summed E-state index contributed by atoms with van der Waals surface area (Å²) in [6.07, 6.45) is 2.12. The van der Waals surface area contributed by atoms with Crippen LogP contribution in [0, 0.1) is 0 Å². The van der Waals surface area contributed by atoms with Gasteiger partial charge in [-0.05, 0) is 25.6 Å². The number of aromatic carboxylic acids is 1. The van der Waals surface area contributed by atoms with Crippen molar-refractivity contribution in [3.05, 3.63) is 35.5 Å². The first kappa shape index (κ1) is 15.1. The van der Waals surface area contributed by atoms with Gasteiger partial charge in [0, 0.05) is 50.9 Å². The zero-order valence-corrected chi connectivity index (χ0v) is 13.2. The summed E-state index contributed by atoms with van der Waals surface area (Å²) in [5.41, 5.74) is 2.47. The lowest BCUT2D eigenvalue weighted by Crippen LogP contribution is -2.43. The van der Waals surface area contributed by atoms with E-state index in [0.717, 1.165) is 50.2 Å². The lowest BCUT2D eigenvalue weighted by atomic mass is 10.1. The summed E-state index contributed by atoms with van der Waals surface area (Å²) in [7, 11) is 2.15. The van der Waals surface area contributed by atoms with Gasteiger partial charge in [-0.15, -0.1) is 0 Å². The number of fused-ring (bicyclic) bond motifs is 1. The molecular weight excluding hydrogens is 278 g/mol. The number of piperazine rings is 1. The van der Waals surface area contributed by atoms with Gasteiger partial charge in [0.25, 0.3) is 0 Å². The minimum atomic E-state index is -0.857. The van der Waals surface area contributed by atoms with Crippen molar-refractivity contribution in [2.45, 2.75) is 20.0 Å². The monoisotopic (exact) mass is 301 g/mol. The smallest absolute Gasteiger partial charge is 0.337 e. The van der Waals surface area contributed by atoms with Gasteiger partial charge in [0.05, 0.1) is 11.1 Å². The van der Waals surface area contributed by atoms with Crippen LogP contribution in [0.25, 0.3) is 10.9 Å². The number of hydrogen-bond acceptors (Lipinski definition) is 3. The molecule has 0 spiro atoms. The van der Waals surface area contributed by atoms with Crippen molar-refractivity contribution < 1.29 is 9.90 Å². The Hall–Kier alpha value is -1.85. The van der Waals surface area contributed by atoms with Crippen molar-refractivity contribution in [3.63, 3.8) is 0 Å². The molecule has 2 heterocycles. The molecule has 0 unspecified atom stereocenters. The van der Waals surface area contributed by atoms with Gasteiger partial charge in [0.1, 0.15) is 0 Å². The van der Waals surface area contributed by atoms with Crippen LogP contribution in [-0.4, -0.2) is 58.7 Å². The van der Waals surface area contributed by atoms with Crippen LogP contribution < -0.4 is 0 Å². The lowest BCUT2D eigenvalue weighted by molar-refractivity contribution is 0.0698. The summed E-state index contributed by atoms with van der Waals surface area (Å²) in [6.45, 7) is 8.03. The molecule has 0 amide bonds. The van der Waals surface area contributed by atoms with E-state index in [0.29, 0.717) is 5.56 Å². The summed E-state index contributed by atoms with van der Waals surface area (Å²) in [6, 6.07) is 5.58. The average Bonchev–Trinajstić information content (AvgIpc) is 2.87. The van der Waals surface area contributed by atoms with E-state index < -0.39 is 5.97 Å². The third-order valence-electron chi connectivity index (χ3n) is 4.54. The van der Waals surface area contributed by atoms with E-state index in [1.807, 2.05) is 12.1 Å². The van der Waals surface area contributed by atoms with Crippen molar-refractivity contribution in [2.75, 3.05) is 33.2 Å². The van der Waals surface area contributed by atoms with Crippen LogP contribution in [0.15, 0.2) is 24.4 Å². The minimum Gasteiger partial charge on any atom is -0.478 e. The van der Waals surface area contributed by atoms with E-state index >= 15 is 0 Å². The molecular formula is C17H23N3O2. The van der Waals surface area contributed by atoms with E-state index in [1.165, 1.54) is 5.56 Å². The second-order valence-electron chi connectivity index (χ2n) is 6.03. The number of carboxylic acid groups (broad SMARTS) is 1. The number of aromatic nitrogens is 1. The molecule has 1 saturated heterocycles. The van der Waals surface area contributed by atoms with Crippen LogP contribution in [0.4, 0.5) is 0 Å². The number of carbonyl (C=O) groups is 1. The maximum Gasteiger partial charge on any atom is 0.337 e. The number of nitrogens with zero attached hydrogens (tertiary/aromatic N) is 3. The van der Waals surface area contributed by atoms with Crippen LogP contribution in [0.5, 0.6) is 0 Å². The average molecular weight is 301 g/mol. The Morgan fingerprint density at radius 2 is 1.95 bits per heavy atom. The largest absolute Gasteiger partial charge is 0.478 e. The molecule has 118 valence electrons. The molecule has 5 heteroatoms. The Balaban J connectivity index is 1.97. The highest BCUT2D eigenvalue weighted by Crippen LogP contribution is 2.26. The molecule has 0 bridgehead atoms. The number of rotatable bonds is 4. The van der Waals surface area contributed by atoms with Crippen molar-refractivity contribution in [1.82, 2.24) is 14.4 Å². The van der Waals surface area contributed by atoms with E-state index in [-0.39, 0.29) is 0 Å². The van der Waals surface area contributed by atoms with Crippen molar-refractivity contribution in [2.24, 2.45) is 0 Å². The second-order valence-corrected chi connectivity index (χ2v) is 6.03. The first-order valence-electron chi connectivity index (χ1n) is 7.85. The van der Waals surface area contributed by atoms with Crippen LogP contribution >= 0.6 is 0 Å². The molecule has 0 aliphatic carbocycles. The number of aryl methyl sites for hydroxylation is 1. The summed E-state index contributed by atoms with van der Waals surface area (Å²) in [5, 5.41) is 10.5. The predicted octanol–water partition coefficient (Wildman–Crippen LogP) is 2.11. The van der Waals surface area contributed by atoms with E-state index in [2.05, 4.69) is 34.5 Å². The van der Waals surface area contributed by atoms with Crippen molar-refractivity contribution in [1.29, 1.82) is 0 Å². The Labute approximate surface area is 130 Å². The second kappa shape index (κ2) is 6.10. The van der Waals surface area contributed by atoms with Gasteiger partial charge in [-0.1, -0.05) is 12.1 Å². The first-order valence-corrected chi connectivity index (χ1v) is 7.85. The lowest BCUT2D eigenvalue weighted by Gasteiger charge is -2.32. The van der Waals surface area contributed by atoms with E-state index in [1.54, 1.807) is 6.07 Å². The highest BCUT2D eigenvalue weighted by atomic mass is 16.4. The van der Waals surface area contributed by atoms with Gasteiger partial charge in [0.2, 0.25) is 0 Å². The first-order chi connectivity index (χ1) is 10.6. The van der Waals surface area contributed by atoms with E-state index in [4.69, 9.17) is 0 Å². The van der Waals surface area contributed by atoms with Crippen LogP contribution in [0.2, 0.25) is 0 Å². The molecule has 22 heavy (non-hydrogen) atoms. The van der Waals surface area contributed by atoms with Crippen LogP contribution in [0.3, 0.4) is 0 Å². The molecule has 1 aromatic heterocycles. The fourth-order valence-corrected chi connectivity index (χ4v) is 3.23. The predicted molar refractivity (Wildman–Crippen MR) is 87.3 cm³/mol. The van der Waals surface area contributed by atoms with Gasteiger partial charge in [0.15, 0.2) is 0 Å². The zero-order chi connectivity index (χ0) is 15.7. The van der Waals surface area contributed by atoms with Crippen molar-refractivity contribution in [3.8, 4) is 0 Å². The third kappa shape index (κ3) is 2.74. The Bertz CT molecular complexity index is 685. The molecule has 1 aromatic carbocycles. The summed E-state index contributed by atoms with van der Waals surface area (Å²) in [5.74, 6) is -0.857. The number of para-hydroxylation sites is 1. The number of carboxylic acids is 1. The van der Waals surface area contributed by atoms with Crippen molar-refractivity contribution >= 4 is 16.9 Å². The molecule has 3 rings (SSSR count). The molecule has 0 saturated carbocycles.